The molecule has 1 saturated carbocycles. The maximum Gasteiger partial charge on any atom is 0.244 e. The molecule has 196 valence electrons. The summed E-state index contributed by atoms with van der Waals surface area (Å²) in [4.78, 5) is 28.0. The molecule has 0 unspecified atom stereocenters. The van der Waals surface area contributed by atoms with Gasteiger partial charge in [-0.15, -0.1) is 0 Å². The molecule has 2 aromatic carbocycles. The van der Waals surface area contributed by atoms with Crippen molar-refractivity contribution in [1.29, 1.82) is 0 Å². The lowest BCUT2D eigenvalue weighted by Crippen LogP contribution is -2.53. The fourth-order valence-corrected chi connectivity index (χ4v) is 5.45. The molecule has 1 fully saturated rings. The zero-order valence-corrected chi connectivity index (χ0v) is 23.2. The van der Waals surface area contributed by atoms with Gasteiger partial charge in [-0.2, -0.15) is 0 Å². The molecule has 0 radical (unpaired) electrons. The van der Waals surface area contributed by atoms with E-state index in [1.54, 1.807) is 43.3 Å². The normalized spacial score (nSPS) is 15.2. The van der Waals surface area contributed by atoms with Gasteiger partial charge in [0, 0.05) is 22.6 Å². The first-order chi connectivity index (χ1) is 17.0. The van der Waals surface area contributed by atoms with E-state index in [1.165, 1.54) is 11.0 Å². The van der Waals surface area contributed by atoms with Crippen molar-refractivity contribution in [3.8, 4) is 0 Å². The number of sulfonamides is 1. The topological polar surface area (TPSA) is 86.8 Å². The number of carbonyl (C=O) groups excluding carboxylic acids is 2. The Balaban J connectivity index is 1.89. The number of amides is 2. The molecule has 1 N–H and O–H groups in total. The molecule has 0 heterocycles. The lowest BCUT2D eigenvalue weighted by atomic mass is 9.95. The van der Waals surface area contributed by atoms with E-state index >= 15 is 0 Å². The van der Waals surface area contributed by atoms with Crippen LogP contribution in [0.2, 0.25) is 0 Å². The van der Waals surface area contributed by atoms with Gasteiger partial charge in [-0.1, -0.05) is 53.4 Å². The summed E-state index contributed by atoms with van der Waals surface area (Å²) in [5.41, 5.74) is 1.38. The van der Waals surface area contributed by atoms with Crippen molar-refractivity contribution >= 4 is 43.5 Å². The highest BCUT2D eigenvalue weighted by Gasteiger charge is 2.31. The van der Waals surface area contributed by atoms with E-state index in [2.05, 4.69) is 21.2 Å². The van der Waals surface area contributed by atoms with Crippen LogP contribution in [-0.2, 0) is 26.2 Å². The van der Waals surface area contributed by atoms with Crippen LogP contribution < -0.4 is 9.62 Å². The van der Waals surface area contributed by atoms with Crippen LogP contribution in [0, 0.1) is 12.7 Å². The second kappa shape index (κ2) is 12.2. The number of nitrogens with one attached hydrogen (secondary N) is 1. The van der Waals surface area contributed by atoms with E-state index in [0.29, 0.717) is 5.69 Å². The van der Waals surface area contributed by atoms with Crippen LogP contribution in [-0.4, -0.2) is 50.0 Å². The molecule has 0 aliphatic heterocycles. The third-order valence-corrected chi connectivity index (χ3v) is 8.56. The lowest BCUT2D eigenvalue weighted by Gasteiger charge is -2.33. The van der Waals surface area contributed by atoms with Crippen LogP contribution in [0.5, 0.6) is 0 Å². The van der Waals surface area contributed by atoms with Crippen molar-refractivity contribution in [1.82, 2.24) is 10.2 Å². The van der Waals surface area contributed by atoms with Gasteiger partial charge in [0.15, 0.2) is 0 Å². The van der Waals surface area contributed by atoms with Gasteiger partial charge in [-0.25, -0.2) is 12.8 Å². The van der Waals surface area contributed by atoms with Crippen molar-refractivity contribution in [2.75, 3.05) is 17.1 Å². The van der Waals surface area contributed by atoms with Gasteiger partial charge in [0.05, 0.1) is 11.9 Å². The Morgan fingerprint density at radius 1 is 1.14 bits per heavy atom. The highest BCUT2D eigenvalue weighted by atomic mass is 79.9. The Bertz CT molecular complexity index is 1200. The predicted molar refractivity (Wildman–Crippen MR) is 142 cm³/mol. The zero-order valence-electron chi connectivity index (χ0n) is 20.8. The van der Waals surface area contributed by atoms with E-state index in [9.17, 15) is 22.4 Å². The minimum atomic E-state index is -3.83. The fourth-order valence-electron chi connectivity index (χ4n) is 4.36. The number of carbonyl (C=O) groups is 2. The largest absolute Gasteiger partial charge is 0.352 e. The summed E-state index contributed by atoms with van der Waals surface area (Å²) in [5.74, 6) is -1.44. The molecule has 36 heavy (non-hydrogen) atoms. The van der Waals surface area contributed by atoms with Crippen molar-refractivity contribution in [2.45, 2.75) is 64.6 Å². The van der Waals surface area contributed by atoms with Crippen LogP contribution in [0.4, 0.5) is 10.1 Å². The molecule has 2 amide bonds. The van der Waals surface area contributed by atoms with Crippen LogP contribution in [0.15, 0.2) is 46.9 Å². The highest BCUT2D eigenvalue weighted by Crippen LogP contribution is 2.25. The molecule has 1 aliphatic carbocycles. The summed E-state index contributed by atoms with van der Waals surface area (Å²) in [7, 11) is -3.83. The summed E-state index contributed by atoms with van der Waals surface area (Å²) in [6.07, 6.45) is 5.99. The number of hydrogen-bond acceptors (Lipinski definition) is 4. The van der Waals surface area contributed by atoms with Gasteiger partial charge < -0.3 is 10.2 Å². The second-order valence-corrected chi connectivity index (χ2v) is 12.1. The third-order valence-electron chi connectivity index (χ3n) is 6.53. The Hall–Kier alpha value is -2.46. The molecule has 0 spiro atoms. The fraction of sp³-hybridized carbons (Fsp3) is 0.462. The lowest BCUT2D eigenvalue weighted by molar-refractivity contribution is -0.139. The van der Waals surface area contributed by atoms with E-state index < -0.39 is 34.3 Å². The van der Waals surface area contributed by atoms with Crippen LogP contribution in [0.1, 0.15) is 50.2 Å². The Labute approximate surface area is 221 Å². The van der Waals surface area contributed by atoms with Crippen molar-refractivity contribution in [3.05, 3.63) is 63.9 Å². The number of rotatable bonds is 9. The smallest absolute Gasteiger partial charge is 0.244 e. The molecule has 3 rings (SSSR count). The molecule has 0 aromatic heterocycles. The van der Waals surface area contributed by atoms with E-state index in [-0.39, 0.29) is 24.1 Å². The molecule has 10 heteroatoms. The first-order valence-corrected chi connectivity index (χ1v) is 14.7. The molecule has 1 aliphatic rings. The Kier molecular flexibility index (Phi) is 9.52. The average molecular weight is 583 g/mol. The zero-order chi connectivity index (χ0) is 26.5. The number of nitrogens with zero attached hydrogens (tertiary/aromatic N) is 2. The molecule has 2 aromatic rings. The van der Waals surface area contributed by atoms with Gasteiger partial charge >= 0.3 is 0 Å². The van der Waals surface area contributed by atoms with Gasteiger partial charge in [-0.05, 0) is 56.5 Å². The van der Waals surface area contributed by atoms with Gasteiger partial charge in [0.25, 0.3) is 0 Å². The minimum Gasteiger partial charge on any atom is -0.352 e. The maximum absolute atomic E-state index is 14.5. The van der Waals surface area contributed by atoms with Crippen LogP contribution in [0.25, 0.3) is 0 Å². The SMILES string of the molecule is Cc1cc(N(CC(=O)N(Cc2ccccc2F)[C@H](C)C(=O)NC2CCCCC2)S(C)(=O)=O)ccc1Br. The summed E-state index contributed by atoms with van der Waals surface area (Å²) in [6, 6.07) is 10.1. The summed E-state index contributed by atoms with van der Waals surface area (Å²) >= 11 is 3.40. The number of benzene rings is 2. The molecule has 0 bridgehead atoms. The predicted octanol–water partition coefficient (Wildman–Crippen LogP) is 4.53. The van der Waals surface area contributed by atoms with Gasteiger partial charge in [0.1, 0.15) is 18.4 Å². The van der Waals surface area contributed by atoms with Crippen molar-refractivity contribution in [2.24, 2.45) is 0 Å². The highest BCUT2D eigenvalue weighted by molar-refractivity contribution is 9.10. The standard InChI is InChI=1S/C26H33BrFN3O4S/c1-18-15-22(13-14-23(18)27)31(36(3,34)35)17-25(32)30(16-20-9-7-8-12-24(20)28)19(2)26(33)29-21-10-5-4-6-11-21/h7-9,12-15,19,21H,4-6,10-11,16-17H2,1-3H3,(H,29,33)/t19-/m1/s1. The third kappa shape index (κ3) is 7.29. The van der Waals surface area contributed by atoms with Gasteiger partial charge in [0.2, 0.25) is 21.8 Å². The molecular weight excluding hydrogens is 549 g/mol. The monoisotopic (exact) mass is 581 g/mol. The van der Waals surface area contributed by atoms with Crippen molar-refractivity contribution in [3.63, 3.8) is 0 Å². The summed E-state index contributed by atoms with van der Waals surface area (Å²) < 4.78 is 41.7. The molecule has 1 atom stereocenters. The number of halogens is 2. The van der Waals surface area contributed by atoms with Crippen molar-refractivity contribution < 1.29 is 22.4 Å². The van der Waals surface area contributed by atoms with Gasteiger partial charge in [-0.3, -0.25) is 13.9 Å². The Morgan fingerprint density at radius 2 is 1.81 bits per heavy atom. The van der Waals surface area contributed by atoms with E-state index in [0.717, 1.165) is 52.7 Å². The van der Waals surface area contributed by atoms with E-state index in [4.69, 9.17) is 0 Å². The molecule has 7 nitrogen and oxygen atoms in total. The Morgan fingerprint density at radius 3 is 2.42 bits per heavy atom. The number of hydrogen-bond donors (Lipinski definition) is 1. The summed E-state index contributed by atoms with van der Waals surface area (Å²) in [5, 5.41) is 3.02. The summed E-state index contributed by atoms with van der Waals surface area (Å²) in [6.45, 7) is 2.72. The molecule has 0 saturated heterocycles. The second-order valence-electron chi connectivity index (χ2n) is 9.34. The number of aryl methyl sites for hydroxylation is 1. The van der Waals surface area contributed by atoms with E-state index in [1.807, 2.05) is 6.92 Å². The molecular formula is C26H33BrFN3O4S. The average Bonchev–Trinajstić information content (AvgIpc) is 2.83. The minimum absolute atomic E-state index is 0.0392. The first kappa shape index (κ1) is 28.1. The quantitative estimate of drug-likeness (QED) is 0.471. The van der Waals surface area contributed by atoms with Crippen LogP contribution in [0.3, 0.4) is 0 Å². The number of anilines is 1. The maximum atomic E-state index is 14.5. The van der Waals surface area contributed by atoms with Crippen LogP contribution >= 0.6 is 15.9 Å². The first-order valence-electron chi connectivity index (χ1n) is 12.0.